The first-order valence-electron chi connectivity index (χ1n) is 15.2. The lowest BCUT2D eigenvalue weighted by Gasteiger charge is -2.39. The summed E-state index contributed by atoms with van der Waals surface area (Å²) in [6, 6.07) is 6.13. The standard InChI is InChI=1S/C31H44N4O6/c1-3-20(2)27-31(40)35-17-11-10-15-24(35)30(39)32-22(14-8-5-9-16-25(36)26-19-41-26)28(37)33-23(29(38)34-27)18-21-12-6-4-7-13-21/h4,6-7,12-13,20,22-24,26-27H,3,5,8-11,14-19H2,1-2H3,(H,32,39)(H,33,37)(H,34,38). The van der Waals surface area contributed by atoms with E-state index in [1.165, 1.54) is 0 Å². The van der Waals surface area contributed by atoms with E-state index in [2.05, 4.69) is 16.0 Å². The van der Waals surface area contributed by atoms with E-state index in [9.17, 15) is 24.0 Å². The van der Waals surface area contributed by atoms with Gasteiger partial charge in [-0.15, -0.1) is 0 Å². The number of carbonyl (C=O) groups is 5. The molecule has 41 heavy (non-hydrogen) atoms. The second-order valence-electron chi connectivity index (χ2n) is 11.6. The quantitative estimate of drug-likeness (QED) is 0.276. The predicted octanol–water partition coefficient (Wildman–Crippen LogP) is 2.04. The summed E-state index contributed by atoms with van der Waals surface area (Å²) < 4.78 is 5.04. The maximum absolute atomic E-state index is 13.9. The Labute approximate surface area is 242 Å². The van der Waals surface area contributed by atoms with Crippen molar-refractivity contribution in [1.82, 2.24) is 20.9 Å². The van der Waals surface area contributed by atoms with Gasteiger partial charge in [-0.2, -0.15) is 0 Å². The minimum atomic E-state index is -0.920. The molecule has 3 heterocycles. The fourth-order valence-corrected chi connectivity index (χ4v) is 5.67. The van der Waals surface area contributed by atoms with Crippen molar-refractivity contribution in [2.24, 2.45) is 5.92 Å². The number of fused-ring (bicyclic) bond motifs is 1. The molecule has 0 aliphatic carbocycles. The molecule has 0 aromatic heterocycles. The maximum atomic E-state index is 13.9. The molecule has 4 rings (SSSR count). The van der Waals surface area contributed by atoms with E-state index in [0.717, 1.165) is 24.8 Å². The molecule has 4 amide bonds. The zero-order valence-electron chi connectivity index (χ0n) is 24.2. The average Bonchev–Trinajstić information content (AvgIpc) is 3.83. The third-order valence-corrected chi connectivity index (χ3v) is 8.52. The summed E-state index contributed by atoms with van der Waals surface area (Å²) in [7, 11) is 0. The fourth-order valence-electron chi connectivity index (χ4n) is 5.67. The number of piperidine rings is 1. The molecule has 0 radical (unpaired) electrons. The van der Waals surface area contributed by atoms with E-state index in [0.29, 0.717) is 51.7 Å². The Hall–Kier alpha value is -3.27. The highest BCUT2D eigenvalue weighted by Crippen LogP contribution is 2.22. The Morgan fingerprint density at radius 3 is 2.37 bits per heavy atom. The Morgan fingerprint density at radius 2 is 1.66 bits per heavy atom. The lowest BCUT2D eigenvalue weighted by atomic mass is 9.93. The summed E-state index contributed by atoms with van der Waals surface area (Å²) in [4.78, 5) is 68.3. The molecule has 0 saturated carbocycles. The highest BCUT2D eigenvalue weighted by Gasteiger charge is 2.40. The molecule has 1 aromatic rings. The van der Waals surface area contributed by atoms with Crippen LogP contribution in [-0.2, 0) is 35.1 Å². The summed E-state index contributed by atoms with van der Waals surface area (Å²) in [6.45, 7) is 4.82. The van der Waals surface area contributed by atoms with Gasteiger partial charge in [-0.1, -0.05) is 63.4 Å². The molecule has 10 nitrogen and oxygen atoms in total. The average molecular weight is 569 g/mol. The number of nitrogens with one attached hydrogen (secondary N) is 3. The number of amides is 4. The van der Waals surface area contributed by atoms with Crippen LogP contribution >= 0.6 is 0 Å². The maximum Gasteiger partial charge on any atom is 0.246 e. The minimum absolute atomic E-state index is 0.106. The molecule has 3 aliphatic heterocycles. The van der Waals surface area contributed by atoms with Crippen molar-refractivity contribution in [3.05, 3.63) is 35.9 Å². The van der Waals surface area contributed by atoms with Gasteiger partial charge in [0, 0.05) is 19.4 Å². The number of rotatable bonds is 11. The SMILES string of the molecule is CCC(C)C1NC(=O)C(Cc2ccccc2)NC(=O)C(CCCCCC(=O)C2CO2)NC(=O)C2CCCCN2C1=O. The van der Waals surface area contributed by atoms with Crippen molar-refractivity contribution >= 4 is 29.4 Å². The minimum Gasteiger partial charge on any atom is -0.365 e. The number of unbranched alkanes of at least 4 members (excludes halogenated alkanes) is 2. The second-order valence-corrected chi connectivity index (χ2v) is 11.6. The molecule has 6 atom stereocenters. The van der Waals surface area contributed by atoms with Gasteiger partial charge in [0.2, 0.25) is 23.6 Å². The van der Waals surface area contributed by atoms with Crippen molar-refractivity contribution in [3.8, 4) is 0 Å². The number of ketones is 1. The molecule has 224 valence electrons. The lowest BCUT2D eigenvalue weighted by molar-refractivity contribution is -0.147. The van der Waals surface area contributed by atoms with Gasteiger partial charge in [-0.05, 0) is 43.6 Å². The Kier molecular flexibility index (Phi) is 10.9. The summed E-state index contributed by atoms with van der Waals surface area (Å²) in [5.41, 5.74) is 0.868. The molecule has 10 heteroatoms. The fraction of sp³-hybridized carbons (Fsp3) is 0.645. The van der Waals surface area contributed by atoms with Crippen LogP contribution in [0.1, 0.15) is 77.2 Å². The lowest BCUT2D eigenvalue weighted by Crippen LogP contribution is -2.64. The number of ether oxygens (including phenoxy) is 1. The van der Waals surface area contributed by atoms with Crippen LogP contribution in [-0.4, -0.2) is 77.7 Å². The van der Waals surface area contributed by atoms with E-state index < -0.39 is 36.0 Å². The molecular formula is C31H44N4O6. The summed E-state index contributed by atoms with van der Waals surface area (Å²) in [6.07, 6.45) is 5.57. The number of hydrogen-bond donors (Lipinski definition) is 3. The molecule has 6 unspecified atom stereocenters. The number of hydrogen-bond acceptors (Lipinski definition) is 6. The van der Waals surface area contributed by atoms with Crippen LogP contribution in [0.2, 0.25) is 0 Å². The number of Topliss-reactive ketones (excluding diaryl/α,β-unsaturated/α-hetero) is 1. The smallest absolute Gasteiger partial charge is 0.246 e. The first-order valence-corrected chi connectivity index (χ1v) is 15.2. The highest BCUT2D eigenvalue weighted by atomic mass is 16.6. The molecule has 3 N–H and O–H groups in total. The van der Waals surface area contributed by atoms with Crippen molar-refractivity contribution < 1.29 is 28.7 Å². The van der Waals surface area contributed by atoms with Gasteiger partial charge in [0.1, 0.15) is 30.3 Å². The zero-order chi connectivity index (χ0) is 29.4. The van der Waals surface area contributed by atoms with Crippen molar-refractivity contribution in [2.75, 3.05) is 13.2 Å². The largest absolute Gasteiger partial charge is 0.365 e. The van der Waals surface area contributed by atoms with Crippen LogP contribution in [0.4, 0.5) is 0 Å². The number of carbonyl (C=O) groups excluding carboxylic acids is 5. The highest BCUT2D eigenvalue weighted by molar-refractivity contribution is 5.97. The van der Waals surface area contributed by atoms with Crippen LogP contribution in [0.15, 0.2) is 30.3 Å². The third kappa shape index (κ3) is 8.38. The van der Waals surface area contributed by atoms with Crippen LogP contribution in [0.5, 0.6) is 0 Å². The Bertz CT molecular complexity index is 1090. The molecule has 0 spiro atoms. The topological polar surface area (TPSA) is 137 Å². The molecule has 3 saturated heterocycles. The van der Waals surface area contributed by atoms with Gasteiger partial charge >= 0.3 is 0 Å². The van der Waals surface area contributed by atoms with Crippen molar-refractivity contribution in [2.45, 2.75) is 108 Å². The molecule has 1 aromatic carbocycles. The Balaban J connectivity index is 1.55. The first-order chi connectivity index (χ1) is 19.8. The number of nitrogens with zero attached hydrogens (tertiary/aromatic N) is 1. The second kappa shape index (κ2) is 14.6. The van der Waals surface area contributed by atoms with Gasteiger partial charge in [0.05, 0.1) is 6.61 Å². The van der Waals surface area contributed by atoms with E-state index in [-0.39, 0.29) is 36.0 Å². The zero-order valence-corrected chi connectivity index (χ0v) is 24.2. The van der Waals surface area contributed by atoms with Crippen LogP contribution in [0, 0.1) is 5.92 Å². The third-order valence-electron chi connectivity index (χ3n) is 8.52. The summed E-state index contributed by atoms with van der Waals surface area (Å²) in [5.74, 6) is -1.48. The van der Waals surface area contributed by atoms with Crippen molar-refractivity contribution in [3.63, 3.8) is 0 Å². The molecule has 0 bridgehead atoms. The summed E-state index contributed by atoms with van der Waals surface area (Å²) >= 11 is 0. The normalized spacial score (nSPS) is 27.9. The van der Waals surface area contributed by atoms with E-state index in [1.54, 1.807) is 4.90 Å². The first kappa shape index (κ1) is 30.7. The van der Waals surface area contributed by atoms with E-state index in [4.69, 9.17) is 4.74 Å². The number of benzene rings is 1. The van der Waals surface area contributed by atoms with Gasteiger partial charge in [0.15, 0.2) is 5.78 Å². The van der Waals surface area contributed by atoms with E-state index >= 15 is 0 Å². The number of epoxide rings is 1. The summed E-state index contributed by atoms with van der Waals surface area (Å²) in [5, 5.41) is 8.77. The van der Waals surface area contributed by atoms with Crippen molar-refractivity contribution in [1.29, 1.82) is 0 Å². The van der Waals surface area contributed by atoms with Gasteiger partial charge in [0.25, 0.3) is 0 Å². The van der Waals surface area contributed by atoms with Crippen LogP contribution in [0.25, 0.3) is 0 Å². The predicted molar refractivity (Wildman–Crippen MR) is 153 cm³/mol. The van der Waals surface area contributed by atoms with E-state index in [1.807, 2.05) is 44.2 Å². The molecule has 3 fully saturated rings. The molecule has 3 aliphatic rings. The van der Waals surface area contributed by atoms with Crippen LogP contribution < -0.4 is 16.0 Å². The van der Waals surface area contributed by atoms with Gasteiger partial charge in [-0.25, -0.2) is 0 Å². The molecular weight excluding hydrogens is 524 g/mol. The van der Waals surface area contributed by atoms with Crippen LogP contribution in [0.3, 0.4) is 0 Å². The van der Waals surface area contributed by atoms with Gasteiger partial charge in [-0.3, -0.25) is 24.0 Å². The Morgan fingerprint density at radius 1 is 0.951 bits per heavy atom. The van der Waals surface area contributed by atoms with Gasteiger partial charge < -0.3 is 25.6 Å². The monoisotopic (exact) mass is 568 g/mol.